The molecule has 0 aliphatic carbocycles. The third kappa shape index (κ3) is 2.01. The number of aromatic nitrogens is 1. The molecule has 0 fully saturated rings. The van der Waals surface area contributed by atoms with Crippen LogP contribution in [0.15, 0.2) is 52.6 Å². The van der Waals surface area contributed by atoms with Crippen LogP contribution in [-0.4, -0.2) is 28.6 Å². The van der Waals surface area contributed by atoms with Crippen molar-refractivity contribution in [2.24, 2.45) is 10.1 Å². The molecule has 0 saturated heterocycles. The van der Waals surface area contributed by atoms with E-state index in [0.29, 0.717) is 27.5 Å². The van der Waals surface area contributed by atoms with Gasteiger partial charge in [-0.05, 0) is 12.1 Å². The Bertz CT molecular complexity index is 989. The summed E-state index contributed by atoms with van der Waals surface area (Å²) in [4.78, 5) is 12.5. The van der Waals surface area contributed by atoms with Crippen LogP contribution in [-0.2, 0) is 4.84 Å². The number of hydrogen-bond donors (Lipinski definition) is 2. The lowest BCUT2D eigenvalue weighted by atomic mass is 10.0. The number of oxime groups is 1. The minimum atomic E-state index is 0.00320. The van der Waals surface area contributed by atoms with Crippen LogP contribution in [0.25, 0.3) is 10.9 Å². The Morgan fingerprint density at radius 3 is 2.83 bits per heavy atom. The van der Waals surface area contributed by atoms with Crippen molar-refractivity contribution in [3.63, 3.8) is 0 Å². The highest BCUT2D eigenvalue weighted by atomic mass is 35.5. The molecular formula is C17H12ClN3O2. The summed E-state index contributed by atoms with van der Waals surface area (Å²) in [6.45, 7) is 0. The van der Waals surface area contributed by atoms with Gasteiger partial charge < -0.3 is 14.9 Å². The van der Waals surface area contributed by atoms with Crippen LogP contribution in [0.2, 0.25) is 5.02 Å². The highest BCUT2D eigenvalue weighted by Crippen LogP contribution is 2.37. The Hall–Kier alpha value is -2.79. The van der Waals surface area contributed by atoms with Crippen LogP contribution in [0.1, 0.15) is 11.1 Å². The molecule has 3 aromatic rings. The zero-order valence-electron chi connectivity index (χ0n) is 12.2. The van der Waals surface area contributed by atoms with E-state index in [1.807, 2.05) is 36.4 Å². The van der Waals surface area contributed by atoms with Gasteiger partial charge in [-0.1, -0.05) is 47.1 Å². The first-order valence-corrected chi connectivity index (χ1v) is 7.37. The van der Waals surface area contributed by atoms with Crippen LogP contribution < -0.4 is 0 Å². The largest absolute Gasteiger partial charge is 0.494 e. The highest BCUT2D eigenvalue weighted by Gasteiger charge is 2.29. The molecule has 5 nitrogen and oxygen atoms in total. The minimum absolute atomic E-state index is 0.00320. The number of nitrogens with one attached hydrogen (secondary N) is 1. The second kappa shape index (κ2) is 5.14. The van der Waals surface area contributed by atoms with E-state index in [-0.39, 0.29) is 5.88 Å². The van der Waals surface area contributed by atoms with Crippen molar-refractivity contribution in [2.75, 3.05) is 7.11 Å². The Balaban J connectivity index is 2.00. The first kappa shape index (κ1) is 13.8. The number of halogens is 1. The molecule has 1 aliphatic rings. The van der Waals surface area contributed by atoms with Crippen molar-refractivity contribution in [3.8, 4) is 5.88 Å². The summed E-state index contributed by atoms with van der Waals surface area (Å²) in [5.41, 5.74) is 4.01. The van der Waals surface area contributed by atoms with Gasteiger partial charge in [0, 0.05) is 10.9 Å². The van der Waals surface area contributed by atoms with E-state index in [4.69, 9.17) is 16.4 Å². The van der Waals surface area contributed by atoms with Crippen molar-refractivity contribution in [1.29, 1.82) is 0 Å². The van der Waals surface area contributed by atoms with Crippen LogP contribution in [0.4, 0.5) is 5.69 Å². The van der Waals surface area contributed by atoms with Gasteiger partial charge in [0.1, 0.15) is 18.5 Å². The van der Waals surface area contributed by atoms with Crippen molar-refractivity contribution in [3.05, 3.63) is 58.6 Å². The Labute approximate surface area is 136 Å². The molecular weight excluding hydrogens is 314 g/mol. The number of para-hydroxylation sites is 2. The molecule has 0 spiro atoms. The van der Waals surface area contributed by atoms with Crippen molar-refractivity contribution in [1.82, 2.24) is 4.98 Å². The summed E-state index contributed by atoms with van der Waals surface area (Å²) in [5, 5.41) is 15.8. The van der Waals surface area contributed by atoms with Gasteiger partial charge in [-0.3, -0.25) is 0 Å². The summed E-state index contributed by atoms with van der Waals surface area (Å²) in [7, 11) is 1.48. The number of H-pyrrole nitrogens is 1. The molecule has 1 aromatic heterocycles. The fraction of sp³-hybridized carbons (Fsp3) is 0.0588. The van der Waals surface area contributed by atoms with Gasteiger partial charge in [-0.15, -0.1) is 0 Å². The smallest absolute Gasteiger partial charge is 0.199 e. The average molecular weight is 326 g/mol. The van der Waals surface area contributed by atoms with Gasteiger partial charge in [-0.2, -0.15) is 0 Å². The molecule has 114 valence electrons. The first-order chi connectivity index (χ1) is 11.2. The van der Waals surface area contributed by atoms with E-state index < -0.39 is 0 Å². The summed E-state index contributed by atoms with van der Waals surface area (Å²) in [6.07, 6.45) is 0. The predicted molar refractivity (Wildman–Crippen MR) is 91.2 cm³/mol. The summed E-state index contributed by atoms with van der Waals surface area (Å²) in [5.74, 6) is 0.00320. The van der Waals surface area contributed by atoms with Crippen LogP contribution >= 0.6 is 11.6 Å². The maximum atomic E-state index is 10.4. The maximum absolute atomic E-state index is 10.4. The minimum Gasteiger partial charge on any atom is -0.494 e. The Morgan fingerprint density at radius 2 is 2.00 bits per heavy atom. The van der Waals surface area contributed by atoms with Gasteiger partial charge in [0.15, 0.2) is 5.88 Å². The van der Waals surface area contributed by atoms with E-state index in [2.05, 4.69) is 15.1 Å². The van der Waals surface area contributed by atoms with E-state index in [1.54, 1.807) is 6.07 Å². The van der Waals surface area contributed by atoms with Crippen LogP contribution in [0.5, 0.6) is 5.88 Å². The SMILES string of the molecule is CO/N=C1/C(c2c(O)[nH]c3c(Cl)cccc23)=Nc2ccccc21. The lowest BCUT2D eigenvalue weighted by molar-refractivity contribution is 0.214. The van der Waals surface area contributed by atoms with E-state index in [1.165, 1.54) is 7.11 Å². The number of rotatable bonds is 2. The average Bonchev–Trinajstić information content (AvgIpc) is 3.06. The summed E-state index contributed by atoms with van der Waals surface area (Å²) in [6, 6.07) is 13.1. The molecule has 23 heavy (non-hydrogen) atoms. The topological polar surface area (TPSA) is 70.0 Å². The molecule has 0 bridgehead atoms. The fourth-order valence-corrected chi connectivity index (χ4v) is 3.06. The number of benzene rings is 2. The molecule has 0 atom stereocenters. The van der Waals surface area contributed by atoms with E-state index in [9.17, 15) is 5.11 Å². The van der Waals surface area contributed by atoms with Crippen molar-refractivity contribution in [2.45, 2.75) is 0 Å². The lowest BCUT2D eigenvalue weighted by Gasteiger charge is -2.03. The molecule has 2 N–H and O–H groups in total. The maximum Gasteiger partial charge on any atom is 0.199 e. The monoisotopic (exact) mass is 325 g/mol. The molecule has 2 aromatic carbocycles. The Kier molecular flexibility index (Phi) is 3.09. The number of aliphatic imine (C=N–C) groups is 1. The molecule has 0 saturated carbocycles. The molecule has 2 heterocycles. The highest BCUT2D eigenvalue weighted by molar-refractivity contribution is 6.58. The third-order valence-electron chi connectivity index (χ3n) is 3.80. The number of fused-ring (bicyclic) bond motifs is 2. The van der Waals surface area contributed by atoms with Crippen LogP contribution in [0, 0.1) is 0 Å². The summed E-state index contributed by atoms with van der Waals surface area (Å²) >= 11 is 6.20. The normalized spacial score (nSPS) is 15.0. The van der Waals surface area contributed by atoms with Gasteiger partial charge in [0.05, 0.1) is 21.8 Å². The van der Waals surface area contributed by atoms with Gasteiger partial charge in [0.25, 0.3) is 0 Å². The third-order valence-corrected chi connectivity index (χ3v) is 4.11. The lowest BCUT2D eigenvalue weighted by Crippen LogP contribution is -2.13. The molecule has 0 unspecified atom stereocenters. The fourth-order valence-electron chi connectivity index (χ4n) is 2.84. The van der Waals surface area contributed by atoms with Gasteiger partial charge >= 0.3 is 0 Å². The molecule has 0 radical (unpaired) electrons. The second-order valence-electron chi connectivity index (χ2n) is 5.11. The predicted octanol–water partition coefficient (Wildman–Crippen LogP) is 4.01. The molecule has 0 amide bonds. The second-order valence-corrected chi connectivity index (χ2v) is 5.52. The van der Waals surface area contributed by atoms with E-state index >= 15 is 0 Å². The zero-order valence-corrected chi connectivity index (χ0v) is 12.9. The molecule has 6 heteroatoms. The van der Waals surface area contributed by atoms with Crippen molar-refractivity contribution < 1.29 is 9.94 Å². The van der Waals surface area contributed by atoms with Gasteiger partial charge in [0.2, 0.25) is 0 Å². The standard InChI is InChI=1S/C17H12ClN3O2/c1-23-21-15-9-5-2-3-8-12(9)19-16(15)13-10-6-4-7-11(18)14(10)20-17(13)22/h2-8,20,22H,1H3/b21-15+. The number of hydrogen-bond acceptors (Lipinski definition) is 4. The number of aromatic amines is 1. The quantitative estimate of drug-likeness (QED) is 0.699. The van der Waals surface area contributed by atoms with E-state index in [0.717, 1.165) is 16.6 Å². The first-order valence-electron chi connectivity index (χ1n) is 7.00. The molecule has 1 aliphatic heterocycles. The van der Waals surface area contributed by atoms with Crippen molar-refractivity contribution >= 4 is 39.6 Å². The number of nitrogens with zero attached hydrogens (tertiary/aromatic N) is 2. The van der Waals surface area contributed by atoms with Crippen LogP contribution in [0.3, 0.4) is 0 Å². The Morgan fingerprint density at radius 1 is 1.17 bits per heavy atom. The van der Waals surface area contributed by atoms with Gasteiger partial charge in [-0.25, -0.2) is 4.99 Å². The zero-order chi connectivity index (χ0) is 16.0. The number of aromatic hydroxyl groups is 1. The molecule has 4 rings (SSSR count). The summed E-state index contributed by atoms with van der Waals surface area (Å²) < 4.78 is 0.